The molecule has 3 aliphatic rings. The molecular formula is C32H38N4O4S. The van der Waals surface area contributed by atoms with E-state index in [1.807, 2.05) is 4.90 Å². The van der Waals surface area contributed by atoms with Gasteiger partial charge in [0.2, 0.25) is 10.0 Å². The van der Waals surface area contributed by atoms with Gasteiger partial charge in [-0.3, -0.25) is 9.80 Å². The van der Waals surface area contributed by atoms with Crippen LogP contribution in [-0.2, 0) is 28.5 Å². The molecule has 1 saturated carbocycles. The van der Waals surface area contributed by atoms with E-state index in [1.54, 1.807) is 12.1 Å². The minimum absolute atomic E-state index is 0.0307. The number of amides is 2. The summed E-state index contributed by atoms with van der Waals surface area (Å²) in [6.45, 7) is 5.58. The second-order valence-corrected chi connectivity index (χ2v) is 13.5. The van der Waals surface area contributed by atoms with Gasteiger partial charge in [0.25, 0.3) is 0 Å². The van der Waals surface area contributed by atoms with Crippen molar-refractivity contribution in [3.05, 3.63) is 82.9 Å². The van der Waals surface area contributed by atoms with Gasteiger partial charge in [-0.2, -0.15) is 0 Å². The predicted molar refractivity (Wildman–Crippen MR) is 160 cm³/mol. The topological polar surface area (TPSA) is 116 Å². The molecule has 2 aliphatic heterocycles. The van der Waals surface area contributed by atoms with Crippen molar-refractivity contribution >= 4 is 21.7 Å². The van der Waals surface area contributed by atoms with E-state index >= 15 is 0 Å². The number of urea groups is 1. The Morgan fingerprint density at radius 3 is 2.46 bits per heavy atom. The van der Waals surface area contributed by atoms with E-state index in [2.05, 4.69) is 53.5 Å². The van der Waals surface area contributed by atoms with E-state index in [1.165, 1.54) is 39.9 Å². The highest BCUT2D eigenvalue weighted by atomic mass is 32.2. The molecule has 2 heterocycles. The van der Waals surface area contributed by atoms with E-state index in [0.29, 0.717) is 13.1 Å². The standard InChI is InChI=1S/C32H38N4O4S/c1-22-4-5-24(19-35-15-12-26(37)20-35)16-28(22)25-8-11-30-29(17-25)32(13-2-3-14-32)21-36(30)31(38)34-18-23-6-9-27(10-7-23)41(33,39)40/h4-11,16-17,26,37H,2-3,12-15,18-21H2,1H3,(H,34,38)(H2,33,39,40). The van der Waals surface area contributed by atoms with Gasteiger partial charge >= 0.3 is 6.03 Å². The highest BCUT2D eigenvalue weighted by Gasteiger charge is 2.46. The van der Waals surface area contributed by atoms with Crippen LogP contribution in [0.2, 0.25) is 0 Å². The second kappa shape index (κ2) is 10.9. The summed E-state index contributed by atoms with van der Waals surface area (Å²) in [6.07, 6.45) is 5.06. The molecule has 8 nitrogen and oxygen atoms in total. The largest absolute Gasteiger partial charge is 0.392 e. The molecule has 1 spiro atoms. The number of anilines is 1. The first-order chi connectivity index (χ1) is 19.6. The molecule has 6 rings (SSSR count). The molecule has 4 N–H and O–H groups in total. The number of benzene rings is 3. The van der Waals surface area contributed by atoms with Gasteiger partial charge in [-0.1, -0.05) is 43.2 Å². The highest BCUT2D eigenvalue weighted by Crippen LogP contribution is 2.51. The zero-order valence-electron chi connectivity index (χ0n) is 23.5. The number of nitrogens with zero attached hydrogens (tertiary/aromatic N) is 2. The first-order valence-corrected chi connectivity index (χ1v) is 16.0. The van der Waals surface area contributed by atoms with E-state index in [4.69, 9.17) is 5.14 Å². The van der Waals surface area contributed by atoms with Crippen LogP contribution < -0.4 is 15.4 Å². The zero-order chi connectivity index (χ0) is 28.8. The third kappa shape index (κ3) is 5.64. The Labute approximate surface area is 242 Å². The van der Waals surface area contributed by atoms with Crippen molar-refractivity contribution in [2.24, 2.45) is 5.14 Å². The van der Waals surface area contributed by atoms with Crippen LogP contribution in [0.3, 0.4) is 0 Å². The summed E-state index contributed by atoms with van der Waals surface area (Å²) in [7, 11) is -3.75. The number of aliphatic hydroxyl groups is 1. The fourth-order valence-electron chi connectivity index (χ4n) is 6.86. The third-order valence-corrected chi connectivity index (χ3v) is 10.0. The Bertz CT molecular complexity index is 1570. The number of carbonyl (C=O) groups is 1. The molecule has 9 heteroatoms. The Morgan fingerprint density at radius 1 is 1.05 bits per heavy atom. The molecule has 1 saturated heterocycles. The van der Waals surface area contributed by atoms with Crippen LogP contribution >= 0.6 is 0 Å². The molecule has 1 unspecified atom stereocenters. The number of primary sulfonamides is 1. The van der Waals surface area contributed by atoms with Crippen LogP contribution in [-0.4, -0.2) is 50.2 Å². The molecule has 2 fully saturated rings. The van der Waals surface area contributed by atoms with E-state index in [-0.39, 0.29) is 22.4 Å². The fourth-order valence-corrected chi connectivity index (χ4v) is 7.38. The number of sulfonamides is 1. The van der Waals surface area contributed by atoms with Crippen molar-refractivity contribution in [2.45, 2.75) is 68.5 Å². The smallest absolute Gasteiger partial charge is 0.322 e. The summed E-state index contributed by atoms with van der Waals surface area (Å²) in [5.41, 5.74) is 7.85. The fraction of sp³-hybridized carbons (Fsp3) is 0.406. The van der Waals surface area contributed by atoms with Crippen molar-refractivity contribution in [3.63, 3.8) is 0 Å². The van der Waals surface area contributed by atoms with E-state index < -0.39 is 10.0 Å². The molecule has 1 aliphatic carbocycles. The lowest BCUT2D eigenvalue weighted by atomic mass is 9.79. The van der Waals surface area contributed by atoms with Crippen LogP contribution in [0.25, 0.3) is 11.1 Å². The maximum atomic E-state index is 13.5. The summed E-state index contributed by atoms with van der Waals surface area (Å²) >= 11 is 0. The van der Waals surface area contributed by atoms with Crippen molar-refractivity contribution in [1.29, 1.82) is 0 Å². The zero-order valence-corrected chi connectivity index (χ0v) is 24.3. The Morgan fingerprint density at radius 2 is 1.78 bits per heavy atom. The molecule has 2 amide bonds. The summed E-state index contributed by atoms with van der Waals surface area (Å²) in [5.74, 6) is 0. The second-order valence-electron chi connectivity index (χ2n) is 12.0. The summed E-state index contributed by atoms with van der Waals surface area (Å²) in [5, 5.41) is 18.2. The van der Waals surface area contributed by atoms with Crippen molar-refractivity contribution in [1.82, 2.24) is 10.2 Å². The SMILES string of the molecule is Cc1ccc(CN2CCC(O)C2)cc1-c1ccc2c(c1)C1(CCCC1)CN2C(=O)NCc1ccc(S(N)(=O)=O)cc1. The van der Waals surface area contributed by atoms with Gasteiger partial charge in [0.05, 0.1) is 11.0 Å². The normalized spacial score (nSPS) is 20.1. The molecule has 3 aromatic carbocycles. The maximum absolute atomic E-state index is 13.5. The molecule has 1 atom stereocenters. The molecule has 0 aromatic heterocycles. The highest BCUT2D eigenvalue weighted by molar-refractivity contribution is 7.89. The number of hydrogen-bond donors (Lipinski definition) is 3. The quantitative estimate of drug-likeness (QED) is 0.403. The van der Waals surface area contributed by atoms with Crippen LogP contribution in [0, 0.1) is 6.92 Å². The minimum atomic E-state index is -3.75. The average molecular weight is 575 g/mol. The van der Waals surface area contributed by atoms with Gasteiger partial charge < -0.3 is 10.4 Å². The maximum Gasteiger partial charge on any atom is 0.322 e. The van der Waals surface area contributed by atoms with Gasteiger partial charge in [0.1, 0.15) is 0 Å². The molecule has 3 aromatic rings. The number of nitrogens with two attached hydrogens (primary N) is 1. The van der Waals surface area contributed by atoms with Gasteiger partial charge in [-0.05, 0) is 89.9 Å². The van der Waals surface area contributed by atoms with Crippen molar-refractivity contribution in [2.75, 3.05) is 24.5 Å². The van der Waals surface area contributed by atoms with Crippen LogP contribution in [0.4, 0.5) is 10.5 Å². The van der Waals surface area contributed by atoms with E-state index in [0.717, 1.165) is 63.0 Å². The number of aliphatic hydroxyl groups excluding tert-OH is 1. The number of fused-ring (bicyclic) bond motifs is 2. The number of aryl methyl sites for hydroxylation is 1. The molecule has 41 heavy (non-hydrogen) atoms. The first-order valence-electron chi connectivity index (χ1n) is 14.4. The molecule has 216 valence electrons. The monoisotopic (exact) mass is 574 g/mol. The van der Waals surface area contributed by atoms with Gasteiger partial charge in [-0.25, -0.2) is 18.4 Å². The Balaban J connectivity index is 1.24. The molecule has 0 radical (unpaired) electrons. The molecule has 0 bridgehead atoms. The van der Waals surface area contributed by atoms with Crippen LogP contribution in [0.15, 0.2) is 65.6 Å². The lowest BCUT2D eigenvalue weighted by Gasteiger charge is -2.25. The van der Waals surface area contributed by atoms with Crippen LogP contribution in [0.5, 0.6) is 0 Å². The number of rotatable bonds is 6. The van der Waals surface area contributed by atoms with E-state index in [9.17, 15) is 18.3 Å². The lowest BCUT2D eigenvalue weighted by molar-refractivity contribution is 0.175. The Kier molecular flexibility index (Phi) is 7.40. The average Bonchev–Trinajstić information content (AvgIpc) is 3.68. The van der Waals surface area contributed by atoms with Gasteiger partial charge in [0.15, 0.2) is 0 Å². The summed E-state index contributed by atoms with van der Waals surface area (Å²) in [4.78, 5) is 17.7. The first kappa shape index (κ1) is 27.9. The van der Waals surface area contributed by atoms with Gasteiger partial charge in [-0.15, -0.1) is 0 Å². The number of β-amino-alcohol motifs (C(OH)–C–C–N with tert-alkyl or cyclic N) is 1. The minimum Gasteiger partial charge on any atom is -0.392 e. The summed E-state index contributed by atoms with van der Waals surface area (Å²) < 4.78 is 23.1. The van der Waals surface area contributed by atoms with Crippen molar-refractivity contribution < 1.29 is 18.3 Å². The third-order valence-electron chi connectivity index (χ3n) is 9.09. The Hall–Kier alpha value is -3.24. The molecular weight excluding hydrogens is 536 g/mol. The van der Waals surface area contributed by atoms with Crippen molar-refractivity contribution in [3.8, 4) is 11.1 Å². The predicted octanol–water partition coefficient (Wildman–Crippen LogP) is 4.42. The number of carbonyl (C=O) groups excluding carboxylic acids is 1. The number of hydrogen-bond acceptors (Lipinski definition) is 5. The number of nitrogens with one attached hydrogen (secondary N) is 1. The van der Waals surface area contributed by atoms with Gasteiger partial charge in [0, 0.05) is 43.8 Å². The van der Waals surface area contributed by atoms with Crippen LogP contribution in [0.1, 0.15) is 54.4 Å². The lowest BCUT2D eigenvalue weighted by Crippen LogP contribution is -2.41. The number of likely N-dealkylation sites (tertiary alicyclic amines) is 1. The summed E-state index contributed by atoms with van der Waals surface area (Å²) in [6, 6.07) is 19.3.